The number of halogens is 1. The number of aryl methyl sites for hydroxylation is 2. The summed E-state index contributed by atoms with van der Waals surface area (Å²) in [7, 11) is 0. The lowest BCUT2D eigenvalue weighted by atomic mass is 10.0. The van der Waals surface area contributed by atoms with E-state index >= 15 is 0 Å². The number of hydrogen-bond donors (Lipinski definition) is 1. The molecule has 2 amide bonds. The second kappa shape index (κ2) is 12.2. The van der Waals surface area contributed by atoms with E-state index in [-0.39, 0.29) is 36.8 Å². The Morgan fingerprint density at radius 1 is 0.914 bits per heavy atom. The van der Waals surface area contributed by atoms with Crippen molar-refractivity contribution in [1.82, 2.24) is 10.2 Å². The van der Waals surface area contributed by atoms with Crippen molar-refractivity contribution < 1.29 is 18.7 Å². The van der Waals surface area contributed by atoms with Crippen LogP contribution < -0.4 is 10.1 Å². The molecule has 3 aromatic rings. The number of rotatable bonds is 10. The van der Waals surface area contributed by atoms with Gasteiger partial charge in [-0.15, -0.1) is 0 Å². The van der Waals surface area contributed by atoms with Gasteiger partial charge in [-0.25, -0.2) is 4.39 Å². The van der Waals surface area contributed by atoms with E-state index in [9.17, 15) is 14.0 Å². The molecule has 0 aromatic heterocycles. The fraction of sp³-hybridized carbons (Fsp3) is 0.310. The van der Waals surface area contributed by atoms with Gasteiger partial charge in [0, 0.05) is 19.0 Å². The van der Waals surface area contributed by atoms with Gasteiger partial charge in [0.1, 0.15) is 17.6 Å². The number of nitrogens with zero attached hydrogens (tertiary/aromatic N) is 1. The number of amides is 2. The first-order valence-corrected chi connectivity index (χ1v) is 11.8. The Morgan fingerprint density at radius 3 is 2.23 bits per heavy atom. The Kier molecular flexibility index (Phi) is 9.01. The van der Waals surface area contributed by atoms with Gasteiger partial charge < -0.3 is 15.0 Å². The minimum Gasteiger partial charge on any atom is -0.484 e. The molecule has 0 aliphatic rings. The number of ether oxygens (including phenoxy) is 1. The van der Waals surface area contributed by atoms with E-state index in [4.69, 9.17) is 4.74 Å². The minimum absolute atomic E-state index is 0.0877. The lowest BCUT2D eigenvalue weighted by Gasteiger charge is -2.32. The summed E-state index contributed by atoms with van der Waals surface area (Å²) >= 11 is 0. The van der Waals surface area contributed by atoms with Crippen LogP contribution in [0.1, 0.15) is 36.1 Å². The summed E-state index contributed by atoms with van der Waals surface area (Å²) in [5.41, 5.74) is 3.86. The van der Waals surface area contributed by atoms with E-state index in [1.165, 1.54) is 17.0 Å². The number of carbonyl (C=O) groups is 2. The molecule has 1 atom stereocenters. The van der Waals surface area contributed by atoms with Gasteiger partial charge in [0.2, 0.25) is 5.91 Å². The van der Waals surface area contributed by atoms with Gasteiger partial charge in [-0.3, -0.25) is 9.59 Å². The first-order valence-electron chi connectivity index (χ1n) is 11.8. The van der Waals surface area contributed by atoms with Gasteiger partial charge in [-0.05, 0) is 74.2 Å². The van der Waals surface area contributed by atoms with Gasteiger partial charge in [-0.1, -0.05) is 48.5 Å². The van der Waals surface area contributed by atoms with Crippen molar-refractivity contribution in [2.75, 3.05) is 6.61 Å². The molecule has 0 bridgehead atoms. The van der Waals surface area contributed by atoms with Crippen molar-refractivity contribution in [2.45, 2.75) is 52.7 Å². The number of hydrogen-bond acceptors (Lipinski definition) is 3. The third kappa shape index (κ3) is 7.67. The Hall–Kier alpha value is -3.67. The molecule has 0 aliphatic heterocycles. The molecule has 0 aliphatic carbocycles. The van der Waals surface area contributed by atoms with Crippen LogP contribution in [-0.2, 0) is 22.6 Å². The summed E-state index contributed by atoms with van der Waals surface area (Å²) in [5, 5.41) is 2.95. The van der Waals surface area contributed by atoms with Crippen LogP contribution in [0, 0.1) is 19.7 Å². The van der Waals surface area contributed by atoms with Crippen LogP contribution in [0.5, 0.6) is 5.75 Å². The van der Waals surface area contributed by atoms with Crippen molar-refractivity contribution in [3.8, 4) is 5.75 Å². The quantitative estimate of drug-likeness (QED) is 0.449. The molecule has 0 radical (unpaired) electrons. The topological polar surface area (TPSA) is 58.6 Å². The Labute approximate surface area is 206 Å². The molecule has 6 heteroatoms. The first-order chi connectivity index (χ1) is 16.7. The van der Waals surface area contributed by atoms with E-state index in [1.54, 1.807) is 12.1 Å². The maximum Gasteiger partial charge on any atom is 0.261 e. The summed E-state index contributed by atoms with van der Waals surface area (Å²) in [5.74, 6) is -0.338. The fourth-order valence-electron chi connectivity index (χ4n) is 3.75. The molecule has 0 saturated carbocycles. The van der Waals surface area contributed by atoms with Crippen LogP contribution in [0.4, 0.5) is 4.39 Å². The van der Waals surface area contributed by atoms with Crippen molar-refractivity contribution in [3.63, 3.8) is 0 Å². The number of nitrogens with one attached hydrogen (secondary N) is 1. The SMILES string of the molecule is Cc1ccc(OCC(=O)N(Cc2ccc(F)cc2)C(Cc2ccccc2)C(=O)NC(C)C)cc1C. The fourth-order valence-corrected chi connectivity index (χ4v) is 3.75. The van der Waals surface area contributed by atoms with Gasteiger partial charge in [0.05, 0.1) is 0 Å². The van der Waals surface area contributed by atoms with Gasteiger partial charge in [0.25, 0.3) is 5.91 Å². The lowest BCUT2D eigenvalue weighted by Crippen LogP contribution is -2.52. The maximum absolute atomic E-state index is 13.5. The van der Waals surface area contributed by atoms with Crippen LogP contribution in [0.3, 0.4) is 0 Å². The zero-order chi connectivity index (χ0) is 25.4. The molecular weight excluding hydrogens is 443 g/mol. The Balaban J connectivity index is 1.90. The van der Waals surface area contributed by atoms with E-state index in [0.29, 0.717) is 12.2 Å². The highest BCUT2D eigenvalue weighted by Gasteiger charge is 2.31. The van der Waals surface area contributed by atoms with E-state index in [2.05, 4.69) is 5.32 Å². The standard InChI is InChI=1S/C29H33FN2O3/c1-20(2)31-29(34)27(17-23-8-6-5-7-9-23)32(18-24-11-13-25(30)14-12-24)28(33)19-35-26-15-10-21(3)22(4)16-26/h5-16,20,27H,17-19H2,1-4H3,(H,31,34). The zero-order valence-electron chi connectivity index (χ0n) is 20.8. The van der Waals surface area contributed by atoms with Crippen LogP contribution in [0.25, 0.3) is 0 Å². The summed E-state index contributed by atoms with van der Waals surface area (Å²) in [4.78, 5) is 28.3. The molecule has 3 aromatic carbocycles. The molecule has 1 unspecified atom stereocenters. The lowest BCUT2D eigenvalue weighted by molar-refractivity contribution is -0.143. The maximum atomic E-state index is 13.5. The monoisotopic (exact) mass is 476 g/mol. The third-order valence-corrected chi connectivity index (χ3v) is 5.81. The number of benzene rings is 3. The molecular formula is C29H33FN2O3. The Morgan fingerprint density at radius 2 is 1.60 bits per heavy atom. The molecule has 184 valence electrons. The van der Waals surface area contributed by atoms with E-state index < -0.39 is 6.04 Å². The van der Waals surface area contributed by atoms with Crippen molar-refractivity contribution in [3.05, 3.63) is 101 Å². The molecule has 0 saturated heterocycles. The normalized spacial score (nSPS) is 11.7. The highest BCUT2D eigenvalue weighted by molar-refractivity contribution is 5.88. The largest absolute Gasteiger partial charge is 0.484 e. The molecule has 0 heterocycles. The first kappa shape index (κ1) is 25.9. The predicted octanol–water partition coefficient (Wildman–Crippen LogP) is 4.99. The van der Waals surface area contributed by atoms with Gasteiger partial charge >= 0.3 is 0 Å². The number of carbonyl (C=O) groups excluding carboxylic acids is 2. The summed E-state index contributed by atoms with van der Waals surface area (Å²) in [6, 6.07) is 20.3. The summed E-state index contributed by atoms with van der Waals surface area (Å²) in [6.07, 6.45) is 0.343. The van der Waals surface area contributed by atoms with Crippen LogP contribution in [-0.4, -0.2) is 35.4 Å². The summed E-state index contributed by atoms with van der Waals surface area (Å²) in [6.45, 7) is 7.69. The minimum atomic E-state index is -0.763. The molecule has 0 fully saturated rings. The van der Waals surface area contributed by atoms with Crippen molar-refractivity contribution in [1.29, 1.82) is 0 Å². The zero-order valence-corrected chi connectivity index (χ0v) is 20.8. The Bertz CT molecular complexity index is 1130. The molecule has 5 nitrogen and oxygen atoms in total. The van der Waals surface area contributed by atoms with E-state index in [0.717, 1.165) is 22.3 Å². The molecule has 35 heavy (non-hydrogen) atoms. The van der Waals surface area contributed by atoms with E-state index in [1.807, 2.05) is 76.2 Å². The third-order valence-electron chi connectivity index (χ3n) is 5.81. The highest BCUT2D eigenvalue weighted by atomic mass is 19.1. The molecule has 0 spiro atoms. The van der Waals surface area contributed by atoms with Crippen LogP contribution in [0.2, 0.25) is 0 Å². The average Bonchev–Trinajstić information content (AvgIpc) is 2.83. The van der Waals surface area contributed by atoms with Crippen molar-refractivity contribution in [2.24, 2.45) is 0 Å². The molecule has 1 N–H and O–H groups in total. The van der Waals surface area contributed by atoms with Gasteiger partial charge in [0.15, 0.2) is 6.61 Å². The average molecular weight is 477 g/mol. The van der Waals surface area contributed by atoms with Crippen molar-refractivity contribution >= 4 is 11.8 Å². The summed E-state index contributed by atoms with van der Waals surface area (Å²) < 4.78 is 19.3. The highest BCUT2D eigenvalue weighted by Crippen LogP contribution is 2.19. The predicted molar refractivity (Wildman–Crippen MR) is 136 cm³/mol. The van der Waals surface area contributed by atoms with Crippen LogP contribution >= 0.6 is 0 Å². The second-order valence-corrected chi connectivity index (χ2v) is 9.05. The molecule has 3 rings (SSSR count). The van der Waals surface area contributed by atoms with Gasteiger partial charge in [-0.2, -0.15) is 0 Å². The smallest absolute Gasteiger partial charge is 0.261 e. The second-order valence-electron chi connectivity index (χ2n) is 9.05. The van der Waals surface area contributed by atoms with Crippen LogP contribution in [0.15, 0.2) is 72.8 Å².